The van der Waals surface area contributed by atoms with E-state index in [4.69, 9.17) is 4.74 Å². The van der Waals surface area contributed by atoms with Gasteiger partial charge < -0.3 is 9.47 Å². The summed E-state index contributed by atoms with van der Waals surface area (Å²) in [4.78, 5) is 8.29. The molecule has 4 aromatic rings. The molecule has 3 aromatic heterocycles. The molecule has 0 N–H and O–H groups in total. The minimum atomic E-state index is -4.76. The van der Waals surface area contributed by atoms with Crippen molar-refractivity contribution in [2.45, 2.75) is 6.36 Å². The van der Waals surface area contributed by atoms with Crippen molar-refractivity contribution >= 4 is 5.65 Å². The van der Waals surface area contributed by atoms with Crippen LogP contribution in [-0.4, -0.2) is 33.1 Å². The van der Waals surface area contributed by atoms with Gasteiger partial charge in [0.15, 0.2) is 5.65 Å². The number of pyridine rings is 1. The minimum absolute atomic E-state index is 0.313. The third kappa shape index (κ3) is 3.46. The summed E-state index contributed by atoms with van der Waals surface area (Å²) in [5, 5.41) is 4.58. The van der Waals surface area contributed by atoms with Gasteiger partial charge >= 0.3 is 6.36 Å². The molecule has 0 aliphatic carbocycles. The summed E-state index contributed by atoms with van der Waals surface area (Å²) < 4.78 is 48.4. The van der Waals surface area contributed by atoms with Crippen molar-refractivity contribution in [1.82, 2.24) is 19.6 Å². The van der Waals surface area contributed by atoms with Crippen molar-refractivity contribution in [2.75, 3.05) is 7.11 Å². The van der Waals surface area contributed by atoms with Gasteiger partial charge in [-0.05, 0) is 30.3 Å². The van der Waals surface area contributed by atoms with Crippen LogP contribution in [0.1, 0.15) is 0 Å². The van der Waals surface area contributed by atoms with E-state index in [-0.39, 0.29) is 5.75 Å². The summed E-state index contributed by atoms with van der Waals surface area (Å²) in [6, 6.07) is 11.0. The number of imidazole rings is 1. The summed E-state index contributed by atoms with van der Waals surface area (Å²) in [7, 11) is 1.54. The van der Waals surface area contributed by atoms with E-state index < -0.39 is 6.36 Å². The van der Waals surface area contributed by atoms with Gasteiger partial charge in [0.25, 0.3) is 0 Å². The molecular formula is C19H13F3N4O2. The molecule has 0 fully saturated rings. The number of hydrogen-bond acceptors (Lipinski definition) is 5. The number of halogens is 3. The smallest absolute Gasteiger partial charge is 0.494 e. The lowest BCUT2D eigenvalue weighted by Crippen LogP contribution is -2.17. The van der Waals surface area contributed by atoms with E-state index in [1.54, 1.807) is 47.4 Å². The predicted octanol–water partition coefficient (Wildman–Crippen LogP) is 4.37. The molecule has 0 amide bonds. The number of aromatic nitrogens is 4. The van der Waals surface area contributed by atoms with E-state index in [9.17, 15) is 13.2 Å². The van der Waals surface area contributed by atoms with Gasteiger partial charge in [-0.2, -0.15) is 5.10 Å². The Morgan fingerprint density at radius 2 is 1.89 bits per heavy atom. The van der Waals surface area contributed by atoms with E-state index in [2.05, 4.69) is 19.8 Å². The van der Waals surface area contributed by atoms with Crippen LogP contribution in [0.2, 0.25) is 0 Å². The lowest BCUT2D eigenvalue weighted by atomic mass is 10.1. The van der Waals surface area contributed by atoms with E-state index >= 15 is 0 Å². The highest BCUT2D eigenvalue weighted by atomic mass is 19.4. The van der Waals surface area contributed by atoms with Gasteiger partial charge in [-0.25, -0.2) is 9.50 Å². The van der Waals surface area contributed by atoms with Crippen molar-refractivity contribution in [3.63, 3.8) is 0 Å². The standard InChI is InChI=1S/C19H13F3N4O2/c1-27-17-11-23-8-7-14(17)15-5-6-18-24-10-16(26(18)25-15)12-3-2-4-13(9-12)28-19(20,21)22/h2-11H,1H3. The van der Waals surface area contributed by atoms with Crippen LogP contribution in [0.3, 0.4) is 0 Å². The van der Waals surface area contributed by atoms with Gasteiger partial charge in [-0.1, -0.05) is 12.1 Å². The number of benzene rings is 1. The maximum Gasteiger partial charge on any atom is 0.573 e. The summed E-state index contributed by atoms with van der Waals surface area (Å²) >= 11 is 0. The first-order valence-electron chi connectivity index (χ1n) is 8.14. The Balaban J connectivity index is 1.80. The van der Waals surface area contributed by atoms with Crippen LogP contribution in [0.4, 0.5) is 13.2 Å². The lowest BCUT2D eigenvalue weighted by molar-refractivity contribution is -0.274. The molecule has 0 saturated heterocycles. The first kappa shape index (κ1) is 17.8. The molecule has 0 unspecified atom stereocenters. The first-order chi connectivity index (χ1) is 13.4. The van der Waals surface area contributed by atoms with Crippen molar-refractivity contribution in [3.05, 3.63) is 61.1 Å². The van der Waals surface area contributed by atoms with Gasteiger partial charge in [-0.15, -0.1) is 13.2 Å². The van der Waals surface area contributed by atoms with Gasteiger partial charge in [0, 0.05) is 17.3 Å². The van der Waals surface area contributed by atoms with Crippen LogP contribution in [0.15, 0.2) is 61.1 Å². The monoisotopic (exact) mass is 386 g/mol. The highest BCUT2D eigenvalue weighted by Crippen LogP contribution is 2.30. The molecule has 0 aliphatic heterocycles. The van der Waals surface area contributed by atoms with Gasteiger partial charge in [0.1, 0.15) is 11.5 Å². The lowest BCUT2D eigenvalue weighted by Gasteiger charge is -2.10. The van der Waals surface area contributed by atoms with Crippen LogP contribution >= 0.6 is 0 Å². The second-order valence-electron chi connectivity index (χ2n) is 5.78. The fraction of sp³-hybridized carbons (Fsp3) is 0.105. The molecule has 0 atom stereocenters. The molecular weight excluding hydrogens is 373 g/mol. The van der Waals surface area contributed by atoms with Crippen LogP contribution in [0.5, 0.6) is 11.5 Å². The first-order valence-corrected chi connectivity index (χ1v) is 8.14. The van der Waals surface area contributed by atoms with Crippen LogP contribution < -0.4 is 9.47 Å². The minimum Gasteiger partial charge on any atom is -0.494 e. The molecule has 1 aromatic carbocycles. The highest BCUT2D eigenvalue weighted by Gasteiger charge is 2.31. The van der Waals surface area contributed by atoms with E-state index in [0.29, 0.717) is 28.3 Å². The molecule has 3 heterocycles. The number of fused-ring (bicyclic) bond motifs is 1. The zero-order valence-corrected chi connectivity index (χ0v) is 14.5. The molecule has 4 rings (SSSR count). The average Bonchev–Trinajstić information content (AvgIpc) is 3.10. The number of rotatable bonds is 4. The van der Waals surface area contributed by atoms with Crippen LogP contribution in [0, 0.1) is 0 Å². The number of alkyl halides is 3. The number of ether oxygens (including phenoxy) is 2. The fourth-order valence-electron chi connectivity index (χ4n) is 2.82. The Hall–Kier alpha value is -3.62. The number of methoxy groups -OCH3 is 1. The maximum atomic E-state index is 12.5. The average molecular weight is 386 g/mol. The molecule has 0 saturated carbocycles. The summed E-state index contributed by atoms with van der Waals surface area (Å²) in [6.45, 7) is 0. The summed E-state index contributed by atoms with van der Waals surface area (Å²) in [5.74, 6) is 0.239. The number of nitrogens with zero attached hydrogens (tertiary/aromatic N) is 4. The third-order valence-corrected chi connectivity index (χ3v) is 4.01. The fourth-order valence-corrected chi connectivity index (χ4v) is 2.82. The van der Waals surface area contributed by atoms with E-state index in [1.165, 1.54) is 25.3 Å². The number of hydrogen-bond donors (Lipinski definition) is 0. The van der Waals surface area contributed by atoms with Gasteiger partial charge in [0.05, 0.1) is 30.9 Å². The maximum absolute atomic E-state index is 12.5. The molecule has 0 aliphatic rings. The molecule has 6 nitrogen and oxygen atoms in total. The van der Waals surface area contributed by atoms with Crippen LogP contribution in [-0.2, 0) is 0 Å². The molecule has 28 heavy (non-hydrogen) atoms. The second kappa shape index (κ2) is 6.84. The van der Waals surface area contributed by atoms with Crippen LogP contribution in [0.25, 0.3) is 28.2 Å². The van der Waals surface area contributed by atoms with Crippen molar-refractivity contribution < 1.29 is 22.6 Å². The van der Waals surface area contributed by atoms with Crippen molar-refractivity contribution in [2.24, 2.45) is 0 Å². The van der Waals surface area contributed by atoms with E-state index in [1.807, 2.05) is 0 Å². The Morgan fingerprint density at radius 3 is 2.68 bits per heavy atom. The molecule has 9 heteroatoms. The molecule has 0 spiro atoms. The Kier molecular flexibility index (Phi) is 4.34. The Bertz CT molecular complexity index is 1140. The molecule has 142 valence electrons. The normalized spacial score (nSPS) is 11.6. The summed E-state index contributed by atoms with van der Waals surface area (Å²) in [5.41, 5.74) is 2.90. The van der Waals surface area contributed by atoms with Crippen molar-refractivity contribution in [3.8, 4) is 34.0 Å². The third-order valence-electron chi connectivity index (χ3n) is 4.01. The quantitative estimate of drug-likeness (QED) is 0.521. The molecule has 0 radical (unpaired) electrons. The SMILES string of the molecule is COc1cnccc1-c1ccc2ncc(-c3cccc(OC(F)(F)F)c3)n2n1. The highest BCUT2D eigenvalue weighted by molar-refractivity contribution is 5.69. The van der Waals surface area contributed by atoms with Gasteiger partial charge in [-0.3, -0.25) is 4.98 Å². The summed E-state index contributed by atoms with van der Waals surface area (Å²) in [6.07, 6.45) is -0.0193. The second-order valence-corrected chi connectivity index (χ2v) is 5.78. The van der Waals surface area contributed by atoms with E-state index in [0.717, 1.165) is 5.56 Å². The topological polar surface area (TPSA) is 61.5 Å². The zero-order chi connectivity index (χ0) is 19.7. The zero-order valence-electron chi connectivity index (χ0n) is 14.5. The largest absolute Gasteiger partial charge is 0.573 e. The van der Waals surface area contributed by atoms with Gasteiger partial charge in [0.2, 0.25) is 0 Å². The predicted molar refractivity (Wildman–Crippen MR) is 94.9 cm³/mol. The van der Waals surface area contributed by atoms with Crippen molar-refractivity contribution in [1.29, 1.82) is 0 Å². The Morgan fingerprint density at radius 1 is 1.04 bits per heavy atom. The molecule has 0 bridgehead atoms. The Labute approximate surface area is 157 Å².